The van der Waals surface area contributed by atoms with Gasteiger partial charge < -0.3 is 9.88 Å². The van der Waals surface area contributed by atoms with Crippen molar-refractivity contribution in [3.63, 3.8) is 0 Å². The number of aryl methyl sites for hydroxylation is 2. The minimum atomic E-state index is -0.0632. The Hall–Kier alpha value is -1.48. The van der Waals surface area contributed by atoms with E-state index >= 15 is 0 Å². The molecule has 0 bridgehead atoms. The summed E-state index contributed by atoms with van der Waals surface area (Å²) >= 11 is 5.83. The Kier molecular flexibility index (Phi) is 3.38. The summed E-state index contributed by atoms with van der Waals surface area (Å²) in [5.41, 5.74) is 2.21. The Morgan fingerprint density at radius 1 is 1.41 bits per heavy atom. The van der Waals surface area contributed by atoms with Gasteiger partial charge in [-0.3, -0.25) is 4.79 Å². The number of amides is 1. The second-order valence-electron chi connectivity index (χ2n) is 4.02. The van der Waals surface area contributed by atoms with Crippen LogP contribution in [0.25, 0.3) is 10.9 Å². The van der Waals surface area contributed by atoms with Crippen molar-refractivity contribution in [3.05, 3.63) is 29.8 Å². The minimum Gasteiger partial charge on any atom is -0.330 e. The molecule has 0 aliphatic rings. The molecule has 0 fully saturated rings. The van der Waals surface area contributed by atoms with Gasteiger partial charge in [0.15, 0.2) is 0 Å². The molecule has 0 saturated carbocycles. The highest BCUT2D eigenvalue weighted by molar-refractivity contribution is 6.18. The molecule has 2 aromatic rings. The first-order valence-electron chi connectivity index (χ1n) is 5.55. The number of nitrogens with zero attached hydrogens (tertiary/aromatic N) is 1. The summed E-state index contributed by atoms with van der Waals surface area (Å²) in [5.74, 6) is 1.33. The summed E-state index contributed by atoms with van der Waals surface area (Å²) in [5, 5.41) is 4.03. The highest BCUT2D eigenvalue weighted by Crippen LogP contribution is 2.29. The van der Waals surface area contributed by atoms with E-state index in [1.54, 1.807) is 0 Å². The fourth-order valence-electron chi connectivity index (χ4n) is 2.15. The average molecular weight is 251 g/mol. The smallest absolute Gasteiger partial charge is 0.222 e. The van der Waals surface area contributed by atoms with Crippen LogP contribution >= 0.6 is 11.6 Å². The monoisotopic (exact) mass is 250 g/mol. The van der Waals surface area contributed by atoms with Gasteiger partial charge in [-0.05, 0) is 12.5 Å². The van der Waals surface area contributed by atoms with Gasteiger partial charge in [0.1, 0.15) is 5.82 Å². The van der Waals surface area contributed by atoms with Crippen LogP contribution in [-0.2, 0) is 18.3 Å². The molecule has 4 heteroatoms. The molecule has 0 radical (unpaired) electrons. The molecule has 1 amide bonds. The first-order chi connectivity index (χ1) is 8.15. The van der Waals surface area contributed by atoms with Crippen LogP contribution in [0.1, 0.15) is 12.5 Å². The van der Waals surface area contributed by atoms with Gasteiger partial charge in [-0.2, -0.15) is 0 Å². The highest BCUT2D eigenvalue weighted by atomic mass is 35.5. The van der Waals surface area contributed by atoms with Crippen LogP contribution in [0, 0.1) is 0 Å². The van der Waals surface area contributed by atoms with E-state index < -0.39 is 0 Å². The lowest BCUT2D eigenvalue weighted by atomic mass is 10.1. The van der Waals surface area contributed by atoms with Crippen LogP contribution < -0.4 is 5.32 Å². The summed E-state index contributed by atoms with van der Waals surface area (Å²) < 4.78 is 2.00. The highest BCUT2D eigenvalue weighted by Gasteiger charge is 2.14. The molecular formula is C13H15ClN2O. The zero-order chi connectivity index (χ0) is 12.4. The molecular weight excluding hydrogens is 236 g/mol. The van der Waals surface area contributed by atoms with Crippen molar-refractivity contribution >= 4 is 34.2 Å². The van der Waals surface area contributed by atoms with E-state index in [9.17, 15) is 4.79 Å². The number of carbonyl (C=O) groups is 1. The van der Waals surface area contributed by atoms with E-state index in [2.05, 4.69) is 11.4 Å². The van der Waals surface area contributed by atoms with Crippen LogP contribution in [0.2, 0.25) is 0 Å². The summed E-state index contributed by atoms with van der Waals surface area (Å²) in [4.78, 5) is 11.2. The molecule has 1 aromatic carbocycles. The van der Waals surface area contributed by atoms with E-state index in [1.807, 2.05) is 29.8 Å². The van der Waals surface area contributed by atoms with Crippen molar-refractivity contribution in [3.8, 4) is 0 Å². The van der Waals surface area contributed by atoms with Crippen LogP contribution in [0.3, 0.4) is 0 Å². The number of hydrogen-bond acceptors (Lipinski definition) is 1. The SMILES string of the molecule is CC(=O)Nc1c(CCCl)c2ccccc2n1C. The first-order valence-corrected chi connectivity index (χ1v) is 6.08. The van der Waals surface area contributed by atoms with Crippen molar-refractivity contribution in [1.29, 1.82) is 0 Å². The molecule has 0 aliphatic carbocycles. The molecule has 17 heavy (non-hydrogen) atoms. The Bertz CT molecular complexity index is 560. The Morgan fingerprint density at radius 2 is 2.12 bits per heavy atom. The second kappa shape index (κ2) is 4.80. The molecule has 0 spiro atoms. The van der Waals surface area contributed by atoms with Crippen LogP contribution in [0.4, 0.5) is 5.82 Å². The number of fused-ring (bicyclic) bond motifs is 1. The maximum absolute atomic E-state index is 11.2. The lowest BCUT2D eigenvalue weighted by Gasteiger charge is -2.07. The van der Waals surface area contributed by atoms with Gasteiger partial charge in [0, 0.05) is 36.3 Å². The minimum absolute atomic E-state index is 0.0632. The van der Waals surface area contributed by atoms with Crippen LogP contribution in [-0.4, -0.2) is 16.4 Å². The van der Waals surface area contributed by atoms with E-state index in [-0.39, 0.29) is 5.91 Å². The topological polar surface area (TPSA) is 34.0 Å². The molecule has 0 aliphatic heterocycles. The van der Waals surface area contributed by atoms with Gasteiger partial charge >= 0.3 is 0 Å². The van der Waals surface area contributed by atoms with Crippen molar-refractivity contribution < 1.29 is 4.79 Å². The number of aromatic nitrogens is 1. The van der Waals surface area contributed by atoms with E-state index in [0.717, 1.165) is 28.7 Å². The van der Waals surface area contributed by atoms with Crippen LogP contribution in [0.15, 0.2) is 24.3 Å². The zero-order valence-electron chi connectivity index (χ0n) is 9.96. The van der Waals surface area contributed by atoms with E-state index in [1.165, 1.54) is 6.92 Å². The van der Waals surface area contributed by atoms with E-state index in [0.29, 0.717) is 5.88 Å². The van der Waals surface area contributed by atoms with Crippen LogP contribution in [0.5, 0.6) is 0 Å². The van der Waals surface area contributed by atoms with Gasteiger partial charge in [-0.25, -0.2) is 0 Å². The van der Waals surface area contributed by atoms with Crippen molar-refractivity contribution in [2.24, 2.45) is 7.05 Å². The quantitative estimate of drug-likeness (QED) is 0.835. The number of alkyl halides is 1. The molecule has 1 heterocycles. The normalized spacial score (nSPS) is 10.8. The first kappa shape index (κ1) is 12.0. The summed E-state index contributed by atoms with van der Waals surface area (Å²) in [6.45, 7) is 1.52. The third-order valence-electron chi connectivity index (χ3n) is 2.85. The summed E-state index contributed by atoms with van der Waals surface area (Å²) in [6, 6.07) is 8.09. The number of para-hydroxylation sites is 1. The standard InChI is InChI=1S/C13H15ClN2O/c1-9(17)15-13-11(7-8-14)10-5-3-4-6-12(10)16(13)2/h3-6H,7-8H2,1-2H3,(H,15,17). The van der Waals surface area contributed by atoms with Gasteiger partial charge in [0.05, 0.1) is 0 Å². The fourth-order valence-corrected chi connectivity index (χ4v) is 2.33. The van der Waals surface area contributed by atoms with Crippen molar-refractivity contribution in [2.45, 2.75) is 13.3 Å². The Labute approximate surface area is 105 Å². The number of nitrogens with one attached hydrogen (secondary N) is 1. The van der Waals surface area contributed by atoms with Crippen molar-refractivity contribution in [1.82, 2.24) is 4.57 Å². The van der Waals surface area contributed by atoms with Gasteiger partial charge in [-0.1, -0.05) is 18.2 Å². The molecule has 1 aromatic heterocycles. The second-order valence-corrected chi connectivity index (χ2v) is 4.40. The molecule has 3 nitrogen and oxygen atoms in total. The molecule has 0 atom stereocenters. The third-order valence-corrected chi connectivity index (χ3v) is 3.04. The number of benzene rings is 1. The Balaban J connectivity index is 2.66. The fraction of sp³-hybridized carbons (Fsp3) is 0.308. The summed E-state index contributed by atoms with van der Waals surface area (Å²) in [7, 11) is 1.95. The molecule has 1 N–H and O–H groups in total. The summed E-state index contributed by atoms with van der Waals surface area (Å²) in [6.07, 6.45) is 0.749. The number of rotatable bonds is 3. The molecule has 0 saturated heterocycles. The van der Waals surface area contributed by atoms with Gasteiger partial charge in [0.25, 0.3) is 0 Å². The molecule has 2 rings (SSSR count). The lowest BCUT2D eigenvalue weighted by molar-refractivity contribution is -0.114. The van der Waals surface area contributed by atoms with Gasteiger partial charge in [0.2, 0.25) is 5.91 Å². The number of hydrogen-bond donors (Lipinski definition) is 1. The largest absolute Gasteiger partial charge is 0.330 e. The van der Waals surface area contributed by atoms with E-state index in [4.69, 9.17) is 11.6 Å². The van der Waals surface area contributed by atoms with Crippen molar-refractivity contribution in [2.75, 3.05) is 11.2 Å². The maximum Gasteiger partial charge on any atom is 0.222 e. The Morgan fingerprint density at radius 3 is 2.76 bits per heavy atom. The number of halogens is 1. The number of anilines is 1. The number of carbonyl (C=O) groups excluding carboxylic acids is 1. The van der Waals surface area contributed by atoms with Gasteiger partial charge in [-0.15, -0.1) is 11.6 Å². The molecule has 90 valence electrons. The predicted molar refractivity (Wildman–Crippen MR) is 71.6 cm³/mol. The maximum atomic E-state index is 11.2. The molecule has 0 unspecified atom stereocenters. The third kappa shape index (κ3) is 2.15. The predicted octanol–water partition coefficient (Wildman–Crippen LogP) is 2.92. The average Bonchev–Trinajstić information content (AvgIpc) is 2.55. The zero-order valence-corrected chi connectivity index (χ0v) is 10.7. The lowest BCUT2D eigenvalue weighted by Crippen LogP contribution is -2.11.